The van der Waals surface area contributed by atoms with E-state index >= 15 is 0 Å². The molecular formula is C13H20N2OS. The second-order valence-corrected chi connectivity index (χ2v) is 5.32. The molecule has 0 fully saturated rings. The van der Waals surface area contributed by atoms with E-state index in [0.717, 1.165) is 17.1 Å². The van der Waals surface area contributed by atoms with Crippen molar-refractivity contribution >= 4 is 23.4 Å². The standard InChI is InChI=1S/C13H20N2OS/c1-3-17-9-10(2)15-13(16)8-11-6-4-5-7-12(11)14/h4-7,10H,3,8-9,14H2,1-2H3,(H,15,16). The number of rotatable bonds is 6. The Morgan fingerprint density at radius 3 is 2.82 bits per heavy atom. The van der Waals surface area contributed by atoms with Crippen molar-refractivity contribution in [1.82, 2.24) is 5.32 Å². The lowest BCUT2D eigenvalue weighted by molar-refractivity contribution is -0.120. The van der Waals surface area contributed by atoms with Crippen LogP contribution < -0.4 is 11.1 Å². The number of benzene rings is 1. The zero-order chi connectivity index (χ0) is 12.7. The molecule has 3 nitrogen and oxygen atoms in total. The lowest BCUT2D eigenvalue weighted by Crippen LogP contribution is -2.35. The average Bonchev–Trinajstić information content (AvgIpc) is 2.29. The molecule has 0 aliphatic heterocycles. The molecule has 94 valence electrons. The Morgan fingerprint density at radius 2 is 2.18 bits per heavy atom. The zero-order valence-electron chi connectivity index (χ0n) is 10.4. The Labute approximate surface area is 107 Å². The fourth-order valence-corrected chi connectivity index (χ4v) is 2.20. The van der Waals surface area contributed by atoms with Gasteiger partial charge in [0.05, 0.1) is 6.42 Å². The van der Waals surface area contributed by atoms with Crippen LogP contribution >= 0.6 is 11.8 Å². The summed E-state index contributed by atoms with van der Waals surface area (Å²) in [4.78, 5) is 11.8. The molecule has 0 radical (unpaired) electrons. The maximum absolute atomic E-state index is 11.8. The summed E-state index contributed by atoms with van der Waals surface area (Å²) in [6.45, 7) is 4.14. The summed E-state index contributed by atoms with van der Waals surface area (Å²) in [7, 11) is 0. The van der Waals surface area contributed by atoms with Crippen LogP contribution in [-0.2, 0) is 11.2 Å². The fraction of sp³-hybridized carbons (Fsp3) is 0.462. The van der Waals surface area contributed by atoms with Gasteiger partial charge in [0.2, 0.25) is 5.91 Å². The Hall–Kier alpha value is -1.16. The normalized spacial score (nSPS) is 12.1. The average molecular weight is 252 g/mol. The third kappa shape index (κ3) is 5.13. The molecule has 1 amide bonds. The summed E-state index contributed by atoms with van der Waals surface area (Å²) >= 11 is 1.83. The van der Waals surface area contributed by atoms with E-state index in [9.17, 15) is 4.79 Å². The van der Waals surface area contributed by atoms with Crippen LogP contribution in [0.25, 0.3) is 0 Å². The lowest BCUT2D eigenvalue weighted by Gasteiger charge is -2.13. The molecule has 0 saturated heterocycles. The summed E-state index contributed by atoms with van der Waals surface area (Å²) in [5.74, 6) is 2.06. The van der Waals surface area contributed by atoms with Crippen LogP contribution in [0.4, 0.5) is 5.69 Å². The minimum Gasteiger partial charge on any atom is -0.398 e. The summed E-state index contributed by atoms with van der Waals surface area (Å²) in [6, 6.07) is 7.68. The van der Waals surface area contributed by atoms with Crippen molar-refractivity contribution in [3.63, 3.8) is 0 Å². The molecule has 3 N–H and O–H groups in total. The van der Waals surface area contributed by atoms with Crippen LogP contribution in [0, 0.1) is 0 Å². The van der Waals surface area contributed by atoms with E-state index in [2.05, 4.69) is 12.2 Å². The zero-order valence-corrected chi connectivity index (χ0v) is 11.2. The van der Waals surface area contributed by atoms with Gasteiger partial charge < -0.3 is 11.1 Å². The van der Waals surface area contributed by atoms with E-state index in [1.807, 2.05) is 43.0 Å². The molecule has 0 aliphatic carbocycles. The molecule has 0 aromatic heterocycles. The van der Waals surface area contributed by atoms with Crippen LogP contribution in [0.2, 0.25) is 0 Å². The number of nitrogen functional groups attached to an aromatic ring is 1. The molecule has 1 unspecified atom stereocenters. The highest BCUT2D eigenvalue weighted by Gasteiger charge is 2.09. The number of carbonyl (C=O) groups is 1. The van der Waals surface area contributed by atoms with E-state index < -0.39 is 0 Å². The molecule has 0 aliphatic rings. The molecule has 1 aromatic carbocycles. The maximum atomic E-state index is 11.8. The van der Waals surface area contributed by atoms with Gasteiger partial charge in [0.15, 0.2) is 0 Å². The molecule has 0 saturated carbocycles. The highest BCUT2D eigenvalue weighted by atomic mass is 32.2. The third-order valence-electron chi connectivity index (χ3n) is 2.39. The third-order valence-corrected chi connectivity index (χ3v) is 3.53. The molecule has 17 heavy (non-hydrogen) atoms. The second-order valence-electron chi connectivity index (χ2n) is 4.00. The maximum Gasteiger partial charge on any atom is 0.224 e. The van der Waals surface area contributed by atoms with Crippen molar-refractivity contribution in [3.8, 4) is 0 Å². The van der Waals surface area contributed by atoms with E-state index in [0.29, 0.717) is 12.1 Å². The number of para-hydroxylation sites is 1. The van der Waals surface area contributed by atoms with Gasteiger partial charge in [0, 0.05) is 17.5 Å². The van der Waals surface area contributed by atoms with Gasteiger partial charge in [0.25, 0.3) is 0 Å². The van der Waals surface area contributed by atoms with Gasteiger partial charge in [-0.1, -0.05) is 25.1 Å². The van der Waals surface area contributed by atoms with Crippen molar-refractivity contribution in [2.24, 2.45) is 0 Å². The Balaban J connectivity index is 2.42. The Bertz CT molecular complexity index is 368. The van der Waals surface area contributed by atoms with E-state index in [1.165, 1.54) is 0 Å². The highest BCUT2D eigenvalue weighted by Crippen LogP contribution is 2.11. The number of carbonyl (C=O) groups excluding carboxylic acids is 1. The first kappa shape index (κ1) is 13.9. The van der Waals surface area contributed by atoms with E-state index in [-0.39, 0.29) is 11.9 Å². The van der Waals surface area contributed by atoms with Crippen molar-refractivity contribution < 1.29 is 4.79 Å². The monoisotopic (exact) mass is 252 g/mol. The second kappa shape index (κ2) is 7.22. The molecule has 1 aromatic rings. The topological polar surface area (TPSA) is 55.1 Å². The lowest BCUT2D eigenvalue weighted by atomic mass is 10.1. The molecule has 0 heterocycles. The van der Waals surface area contributed by atoms with Gasteiger partial charge in [-0.15, -0.1) is 0 Å². The van der Waals surface area contributed by atoms with Crippen molar-refractivity contribution in [2.45, 2.75) is 26.3 Å². The summed E-state index contributed by atoms with van der Waals surface area (Å²) < 4.78 is 0. The molecule has 1 atom stereocenters. The molecule has 0 spiro atoms. The fourth-order valence-electron chi connectivity index (χ4n) is 1.53. The van der Waals surface area contributed by atoms with Crippen LogP contribution in [0.5, 0.6) is 0 Å². The number of nitrogens with two attached hydrogens (primary N) is 1. The van der Waals surface area contributed by atoms with E-state index in [4.69, 9.17) is 5.73 Å². The van der Waals surface area contributed by atoms with Crippen molar-refractivity contribution in [2.75, 3.05) is 17.2 Å². The van der Waals surface area contributed by atoms with Gasteiger partial charge in [-0.2, -0.15) is 11.8 Å². The first-order valence-electron chi connectivity index (χ1n) is 5.84. The summed E-state index contributed by atoms with van der Waals surface area (Å²) in [5.41, 5.74) is 7.36. The Morgan fingerprint density at radius 1 is 1.47 bits per heavy atom. The minimum absolute atomic E-state index is 0.0344. The van der Waals surface area contributed by atoms with Gasteiger partial charge in [0.1, 0.15) is 0 Å². The first-order valence-corrected chi connectivity index (χ1v) is 6.99. The molecule has 4 heteroatoms. The number of nitrogens with one attached hydrogen (secondary N) is 1. The number of amides is 1. The quantitative estimate of drug-likeness (QED) is 0.762. The predicted octanol–water partition coefficient (Wildman–Crippen LogP) is 2.07. The highest BCUT2D eigenvalue weighted by molar-refractivity contribution is 7.99. The van der Waals surface area contributed by atoms with Crippen LogP contribution in [0.3, 0.4) is 0 Å². The van der Waals surface area contributed by atoms with Crippen molar-refractivity contribution in [3.05, 3.63) is 29.8 Å². The SMILES string of the molecule is CCSCC(C)NC(=O)Cc1ccccc1N. The number of thioether (sulfide) groups is 1. The van der Waals surface area contributed by atoms with Gasteiger partial charge in [-0.3, -0.25) is 4.79 Å². The summed E-state index contributed by atoms with van der Waals surface area (Å²) in [5, 5.41) is 2.98. The number of hydrogen-bond acceptors (Lipinski definition) is 3. The van der Waals surface area contributed by atoms with Crippen molar-refractivity contribution in [1.29, 1.82) is 0 Å². The largest absolute Gasteiger partial charge is 0.398 e. The van der Waals surface area contributed by atoms with Gasteiger partial charge in [-0.05, 0) is 24.3 Å². The van der Waals surface area contributed by atoms with Crippen LogP contribution in [0.15, 0.2) is 24.3 Å². The predicted molar refractivity (Wildman–Crippen MR) is 75.2 cm³/mol. The molecule has 0 bridgehead atoms. The van der Waals surface area contributed by atoms with Crippen LogP contribution in [-0.4, -0.2) is 23.5 Å². The smallest absolute Gasteiger partial charge is 0.224 e. The van der Waals surface area contributed by atoms with E-state index in [1.54, 1.807) is 0 Å². The van der Waals surface area contributed by atoms with Gasteiger partial charge in [-0.25, -0.2) is 0 Å². The van der Waals surface area contributed by atoms with Gasteiger partial charge >= 0.3 is 0 Å². The molecular weight excluding hydrogens is 232 g/mol. The molecule has 1 rings (SSSR count). The number of anilines is 1. The first-order chi connectivity index (χ1) is 8.13. The minimum atomic E-state index is 0.0344. The number of hydrogen-bond donors (Lipinski definition) is 2. The summed E-state index contributed by atoms with van der Waals surface area (Å²) in [6.07, 6.45) is 0.355. The van der Waals surface area contributed by atoms with Crippen LogP contribution in [0.1, 0.15) is 19.4 Å². The Kier molecular flexibility index (Phi) is 5.91.